The molecule has 2 saturated heterocycles. The molecule has 1 amide bonds. The summed E-state index contributed by atoms with van der Waals surface area (Å²) in [6.07, 6.45) is 0.614. The standard InChI is InChI=1S/C16H20N2O4/c1-15-7-8-17(2)9-16(15,22)10-18(14(15)21)12-5-3-11(4-6-12)13(19)20/h3-6,22H,7-10H2,1-2H3,(H,19,20)/t15-,16-/m1/s1. The zero-order chi connectivity index (χ0) is 16.1. The molecular formula is C16H20N2O4. The van der Waals surface area contributed by atoms with E-state index in [1.807, 2.05) is 18.9 Å². The molecule has 0 saturated carbocycles. The Bertz CT molecular complexity index is 630. The van der Waals surface area contributed by atoms with Crippen molar-refractivity contribution in [2.75, 3.05) is 31.6 Å². The molecule has 6 heteroatoms. The molecule has 2 N–H and O–H groups in total. The van der Waals surface area contributed by atoms with Crippen molar-refractivity contribution in [3.8, 4) is 0 Å². The third-order valence-electron chi connectivity index (χ3n) is 5.11. The Kier molecular flexibility index (Phi) is 3.27. The number of fused-ring (bicyclic) bond motifs is 1. The van der Waals surface area contributed by atoms with Crippen LogP contribution in [0, 0.1) is 5.41 Å². The Morgan fingerprint density at radius 3 is 2.45 bits per heavy atom. The number of aliphatic hydroxyl groups is 1. The van der Waals surface area contributed by atoms with Gasteiger partial charge < -0.3 is 20.0 Å². The number of hydrogen-bond acceptors (Lipinski definition) is 4. The fourth-order valence-electron chi connectivity index (χ4n) is 3.50. The maximum absolute atomic E-state index is 12.8. The molecular weight excluding hydrogens is 284 g/mol. The second-order valence-electron chi connectivity index (χ2n) is 6.59. The Morgan fingerprint density at radius 1 is 1.23 bits per heavy atom. The van der Waals surface area contributed by atoms with Crippen molar-refractivity contribution in [2.24, 2.45) is 5.41 Å². The van der Waals surface area contributed by atoms with Crippen LogP contribution in [0.25, 0.3) is 0 Å². The highest BCUT2D eigenvalue weighted by Crippen LogP contribution is 2.47. The molecule has 0 unspecified atom stereocenters. The minimum absolute atomic E-state index is 0.0915. The Balaban J connectivity index is 1.93. The lowest BCUT2D eigenvalue weighted by Gasteiger charge is -2.44. The fourth-order valence-corrected chi connectivity index (χ4v) is 3.50. The number of aromatic carboxylic acids is 1. The predicted molar refractivity (Wildman–Crippen MR) is 80.9 cm³/mol. The van der Waals surface area contributed by atoms with Gasteiger partial charge in [-0.05, 0) is 51.2 Å². The van der Waals surface area contributed by atoms with E-state index in [0.29, 0.717) is 18.7 Å². The summed E-state index contributed by atoms with van der Waals surface area (Å²) >= 11 is 0. The molecule has 2 aliphatic rings. The number of rotatable bonds is 2. The molecule has 0 aromatic heterocycles. The summed E-state index contributed by atoms with van der Waals surface area (Å²) < 4.78 is 0. The van der Waals surface area contributed by atoms with Crippen LogP contribution in [0.3, 0.4) is 0 Å². The summed E-state index contributed by atoms with van der Waals surface area (Å²) in [5.74, 6) is -1.09. The summed E-state index contributed by atoms with van der Waals surface area (Å²) in [6.45, 7) is 3.29. The molecule has 2 atom stereocenters. The molecule has 2 aliphatic heterocycles. The van der Waals surface area contributed by atoms with Gasteiger partial charge in [0.2, 0.25) is 5.91 Å². The number of likely N-dealkylation sites (N-methyl/N-ethyl adjacent to an activating group) is 1. The largest absolute Gasteiger partial charge is 0.478 e. The van der Waals surface area contributed by atoms with Crippen LogP contribution in [0.15, 0.2) is 24.3 Å². The average molecular weight is 304 g/mol. The van der Waals surface area contributed by atoms with Gasteiger partial charge in [0.1, 0.15) is 5.60 Å². The first-order valence-corrected chi connectivity index (χ1v) is 7.33. The lowest BCUT2D eigenvalue weighted by Crippen LogP contribution is -2.58. The Morgan fingerprint density at radius 2 is 1.86 bits per heavy atom. The van der Waals surface area contributed by atoms with Crippen molar-refractivity contribution in [3.63, 3.8) is 0 Å². The summed E-state index contributed by atoms with van der Waals surface area (Å²) in [6, 6.07) is 6.20. The van der Waals surface area contributed by atoms with Gasteiger partial charge in [0, 0.05) is 12.2 Å². The summed E-state index contributed by atoms with van der Waals surface area (Å²) in [5.41, 5.74) is -1.06. The maximum Gasteiger partial charge on any atom is 0.335 e. The van der Waals surface area contributed by atoms with Crippen molar-refractivity contribution in [1.29, 1.82) is 0 Å². The van der Waals surface area contributed by atoms with E-state index in [9.17, 15) is 14.7 Å². The predicted octanol–water partition coefficient (Wildman–Crippen LogP) is 0.804. The molecule has 1 aromatic carbocycles. The van der Waals surface area contributed by atoms with Crippen LogP contribution >= 0.6 is 0 Å². The lowest BCUT2D eigenvalue weighted by molar-refractivity contribution is -0.143. The van der Waals surface area contributed by atoms with E-state index >= 15 is 0 Å². The van der Waals surface area contributed by atoms with Gasteiger partial charge in [-0.2, -0.15) is 0 Å². The smallest absolute Gasteiger partial charge is 0.335 e. The van der Waals surface area contributed by atoms with Gasteiger partial charge >= 0.3 is 5.97 Å². The fraction of sp³-hybridized carbons (Fsp3) is 0.500. The van der Waals surface area contributed by atoms with E-state index in [4.69, 9.17) is 5.11 Å². The highest BCUT2D eigenvalue weighted by molar-refractivity contribution is 6.02. The number of carboxylic acids is 1. The monoisotopic (exact) mass is 304 g/mol. The van der Waals surface area contributed by atoms with Crippen LogP contribution in [0.5, 0.6) is 0 Å². The van der Waals surface area contributed by atoms with Crippen LogP contribution in [-0.4, -0.2) is 59.3 Å². The van der Waals surface area contributed by atoms with Crippen LogP contribution in [0.1, 0.15) is 23.7 Å². The molecule has 118 valence electrons. The summed E-state index contributed by atoms with van der Waals surface area (Å²) in [7, 11) is 1.94. The zero-order valence-corrected chi connectivity index (χ0v) is 12.7. The van der Waals surface area contributed by atoms with Gasteiger partial charge in [-0.25, -0.2) is 4.79 Å². The first kappa shape index (κ1) is 15.0. The van der Waals surface area contributed by atoms with Crippen molar-refractivity contribution in [3.05, 3.63) is 29.8 Å². The summed E-state index contributed by atoms with van der Waals surface area (Å²) in [4.78, 5) is 27.3. The van der Waals surface area contributed by atoms with E-state index in [2.05, 4.69) is 0 Å². The van der Waals surface area contributed by atoms with Crippen molar-refractivity contribution < 1.29 is 19.8 Å². The third kappa shape index (κ3) is 2.02. The van der Waals surface area contributed by atoms with Crippen LogP contribution in [0.4, 0.5) is 5.69 Å². The van der Waals surface area contributed by atoms with Crippen molar-refractivity contribution >= 4 is 17.6 Å². The number of carbonyl (C=O) groups excluding carboxylic acids is 1. The molecule has 0 bridgehead atoms. The average Bonchev–Trinajstić information content (AvgIpc) is 2.68. The maximum atomic E-state index is 12.8. The number of likely N-dealkylation sites (tertiary alicyclic amines) is 1. The Labute approximate surface area is 129 Å². The molecule has 3 rings (SSSR count). The van der Waals surface area contributed by atoms with Gasteiger partial charge in [0.25, 0.3) is 0 Å². The molecule has 0 aliphatic carbocycles. The molecule has 0 radical (unpaired) electrons. The van der Waals surface area contributed by atoms with Gasteiger partial charge in [-0.15, -0.1) is 0 Å². The van der Waals surface area contributed by atoms with E-state index in [-0.39, 0.29) is 18.0 Å². The highest BCUT2D eigenvalue weighted by atomic mass is 16.4. The molecule has 2 fully saturated rings. The van der Waals surface area contributed by atoms with E-state index in [1.165, 1.54) is 12.1 Å². The van der Waals surface area contributed by atoms with E-state index < -0.39 is 17.0 Å². The number of carboxylic acid groups (broad SMARTS) is 1. The minimum atomic E-state index is -1.08. The first-order chi connectivity index (χ1) is 10.3. The molecule has 0 spiro atoms. The Hall–Kier alpha value is -1.92. The normalized spacial score (nSPS) is 32.1. The number of hydrogen-bond donors (Lipinski definition) is 2. The third-order valence-corrected chi connectivity index (χ3v) is 5.11. The number of benzene rings is 1. The number of amides is 1. The zero-order valence-electron chi connectivity index (χ0n) is 12.7. The van der Waals surface area contributed by atoms with Crippen molar-refractivity contribution in [1.82, 2.24) is 4.90 Å². The first-order valence-electron chi connectivity index (χ1n) is 7.33. The van der Waals surface area contributed by atoms with Crippen molar-refractivity contribution in [2.45, 2.75) is 18.9 Å². The lowest BCUT2D eigenvalue weighted by atomic mass is 9.70. The second-order valence-corrected chi connectivity index (χ2v) is 6.59. The number of anilines is 1. The number of nitrogens with zero attached hydrogens (tertiary/aromatic N) is 2. The number of carbonyl (C=O) groups is 2. The quantitative estimate of drug-likeness (QED) is 0.845. The molecule has 1 aromatic rings. The second kappa shape index (κ2) is 4.79. The van der Waals surface area contributed by atoms with Gasteiger partial charge in [-0.3, -0.25) is 4.79 Å². The number of piperidine rings is 1. The van der Waals surface area contributed by atoms with Crippen LogP contribution < -0.4 is 4.90 Å². The SMILES string of the molecule is CN1CC[C@]2(C)C(=O)N(c3ccc(C(=O)O)cc3)C[C@]2(O)C1. The van der Waals surface area contributed by atoms with Gasteiger partial charge in [-0.1, -0.05) is 0 Å². The van der Waals surface area contributed by atoms with Crippen LogP contribution in [0.2, 0.25) is 0 Å². The number of β-amino-alcohol motifs (C(OH)–C–C–N with tert-alkyl or cyclic N) is 1. The topological polar surface area (TPSA) is 81.1 Å². The van der Waals surface area contributed by atoms with Gasteiger partial charge in [0.15, 0.2) is 0 Å². The van der Waals surface area contributed by atoms with Crippen LogP contribution in [-0.2, 0) is 4.79 Å². The van der Waals surface area contributed by atoms with E-state index in [0.717, 1.165) is 6.54 Å². The highest BCUT2D eigenvalue weighted by Gasteiger charge is 2.62. The van der Waals surface area contributed by atoms with E-state index in [1.54, 1.807) is 17.0 Å². The molecule has 22 heavy (non-hydrogen) atoms. The molecule has 2 heterocycles. The minimum Gasteiger partial charge on any atom is -0.478 e. The van der Waals surface area contributed by atoms with Gasteiger partial charge in [0.05, 0.1) is 17.5 Å². The summed E-state index contributed by atoms with van der Waals surface area (Å²) in [5, 5.41) is 19.9. The molecule has 6 nitrogen and oxygen atoms in total.